The van der Waals surface area contributed by atoms with Gasteiger partial charge in [-0.05, 0) is 24.8 Å². The monoisotopic (exact) mass is 235 g/mol. The van der Waals surface area contributed by atoms with Gasteiger partial charge in [0, 0.05) is 13.1 Å². The van der Waals surface area contributed by atoms with Crippen LogP contribution in [0.4, 0.5) is 11.5 Å². The highest BCUT2D eigenvalue weighted by atomic mass is 16.4. The van der Waals surface area contributed by atoms with Gasteiger partial charge in [0.25, 0.3) is 0 Å². The maximum atomic E-state index is 11.2. The molecule has 1 saturated heterocycles. The van der Waals surface area contributed by atoms with Crippen molar-refractivity contribution in [2.45, 2.75) is 19.8 Å². The van der Waals surface area contributed by atoms with Crippen LogP contribution in [0, 0.1) is 5.92 Å². The highest BCUT2D eigenvalue weighted by Gasteiger charge is 2.22. The van der Waals surface area contributed by atoms with Gasteiger partial charge in [-0.2, -0.15) is 0 Å². The molecule has 1 fully saturated rings. The molecule has 1 aromatic rings. The normalized spacial score (nSPS) is 17.1. The average Bonchev–Trinajstić information content (AvgIpc) is 2.30. The summed E-state index contributed by atoms with van der Waals surface area (Å²) >= 11 is 0. The summed E-state index contributed by atoms with van der Waals surface area (Å²) in [7, 11) is 0. The molecule has 0 atom stereocenters. The highest BCUT2D eigenvalue weighted by Crippen LogP contribution is 2.25. The van der Waals surface area contributed by atoms with Crippen molar-refractivity contribution >= 4 is 17.5 Å². The molecule has 92 valence electrons. The second-order valence-corrected chi connectivity index (χ2v) is 4.61. The third-order valence-corrected chi connectivity index (χ3v) is 3.20. The van der Waals surface area contributed by atoms with E-state index in [0.717, 1.165) is 25.9 Å². The van der Waals surface area contributed by atoms with Gasteiger partial charge in [0.05, 0.1) is 11.9 Å². The summed E-state index contributed by atoms with van der Waals surface area (Å²) in [5.74, 6) is 0.269. The fourth-order valence-electron chi connectivity index (χ4n) is 2.10. The molecule has 0 aliphatic carbocycles. The first kappa shape index (κ1) is 11.7. The summed E-state index contributed by atoms with van der Waals surface area (Å²) in [5.41, 5.74) is 6.15. The SMILES string of the molecule is CC1CCN(c2ncc(N)cc2C(=O)O)CC1. The number of hydrogen-bond acceptors (Lipinski definition) is 4. The fraction of sp³-hybridized carbons (Fsp3) is 0.500. The van der Waals surface area contributed by atoms with Gasteiger partial charge in [-0.3, -0.25) is 0 Å². The van der Waals surface area contributed by atoms with Gasteiger partial charge in [0.15, 0.2) is 0 Å². The molecule has 1 aliphatic heterocycles. The minimum atomic E-state index is -0.974. The number of carbonyl (C=O) groups is 1. The Kier molecular flexibility index (Phi) is 3.17. The summed E-state index contributed by atoms with van der Waals surface area (Å²) < 4.78 is 0. The number of nitrogens with two attached hydrogens (primary N) is 1. The number of aromatic nitrogens is 1. The Morgan fingerprint density at radius 2 is 2.18 bits per heavy atom. The highest BCUT2D eigenvalue weighted by molar-refractivity contribution is 5.94. The first-order valence-electron chi connectivity index (χ1n) is 5.81. The predicted octanol–water partition coefficient (Wildman–Crippen LogP) is 1.60. The van der Waals surface area contributed by atoms with E-state index in [1.54, 1.807) is 0 Å². The van der Waals surface area contributed by atoms with Gasteiger partial charge >= 0.3 is 5.97 Å². The van der Waals surface area contributed by atoms with Crippen molar-refractivity contribution in [1.82, 2.24) is 4.98 Å². The van der Waals surface area contributed by atoms with Crippen molar-refractivity contribution in [1.29, 1.82) is 0 Å². The fourth-order valence-corrected chi connectivity index (χ4v) is 2.10. The van der Waals surface area contributed by atoms with Crippen LogP contribution in [-0.4, -0.2) is 29.1 Å². The lowest BCUT2D eigenvalue weighted by atomic mass is 9.99. The van der Waals surface area contributed by atoms with E-state index in [4.69, 9.17) is 10.8 Å². The molecule has 1 aliphatic rings. The van der Waals surface area contributed by atoms with Crippen LogP contribution in [0.15, 0.2) is 12.3 Å². The van der Waals surface area contributed by atoms with E-state index in [1.165, 1.54) is 12.3 Å². The molecule has 0 unspecified atom stereocenters. The zero-order valence-corrected chi connectivity index (χ0v) is 9.89. The van der Waals surface area contributed by atoms with Crippen LogP contribution >= 0.6 is 0 Å². The van der Waals surface area contributed by atoms with Crippen molar-refractivity contribution in [3.63, 3.8) is 0 Å². The molecule has 1 aromatic heterocycles. The quantitative estimate of drug-likeness (QED) is 0.813. The Morgan fingerprint density at radius 1 is 1.53 bits per heavy atom. The molecular formula is C12H17N3O2. The van der Waals surface area contributed by atoms with Crippen LogP contribution in [0.1, 0.15) is 30.1 Å². The minimum absolute atomic E-state index is 0.194. The molecule has 5 nitrogen and oxygen atoms in total. The standard InChI is InChI=1S/C12H17N3O2/c1-8-2-4-15(5-3-8)11-10(12(16)17)6-9(13)7-14-11/h6-8H,2-5,13H2,1H3,(H,16,17). The molecule has 2 rings (SSSR count). The predicted molar refractivity (Wildman–Crippen MR) is 66.2 cm³/mol. The van der Waals surface area contributed by atoms with E-state index in [9.17, 15) is 4.79 Å². The number of nitrogen functional groups attached to an aromatic ring is 1. The Labute approximate surface area is 100 Å². The number of anilines is 2. The van der Waals surface area contributed by atoms with Gasteiger partial charge in [0.2, 0.25) is 0 Å². The molecular weight excluding hydrogens is 218 g/mol. The van der Waals surface area contributed by atoms with E-state index < -0.39 is 5.97 Å². The van der Waals surface area contributed by atoms with Gasteiger partial charge in [-0.15, -0.1) is 0 Å². The van der Waals surface area contributed by atoms with Crippen molar-refractivity contribution in [3.05, 3.63) is 17.8 Å². The molecule has 0 amide bonds. The number of pyridine rings is 1. The molecule has 3 N–H and O–H groups in total. The Balaban J connectivity index is 2.28. The van der Waals surface area contributed by atoms with E-state index >= 15 is 0 Å². The number of piperidine rings is 1. The van der Waals surface area contributed by atoms with E-state index in [-0.39, 0.29) is 5.56 Å². The van der Waals surface area contributed by atoms with Crippen LogP contribution < -0.4 is 10.6 Å². The molecule has 0 aromatic carbocycles. The number of carboxylic acid groups (broad SMARTS) is 1. The van der Waals surface area contributed by atoms with E-state index in [0.29, 0.717) is 17.4 Å². The summed E-state index contributed by atoms with van der Waals surface area (Å²) in [6.07, 6.45) is 3.66. The van der Waals surface area contributed by atoms with Crippen LogP contribution in [-0.2, 0) is 0 Å². The maximum Gasteiger partial charge on any atom is 0.339 e. The second-order valence-electron chi connectivity index (χ2n) is 4.61. The van der Waals surface area contributed by atoms with Crippen LogP contribution in [0.3, 0.4) is 0 Å². The van der Waals surface area contributed by atoms with E-state index in [1.807, 2.05) is 4.90 Å². The smallest absolute Gasteiger partial charge is 0.339 e. The molecule has 17 heavy (non-hydrogen) atoms. The largest absolute Gasteiger partial charge is 0.478 e. The van der Waals surface area contributed by atoms with Gasteiger partial charge in [-0.25, -0.2) is 9.78 Å². The van der Waals surface area contributed by atoms with Gasteiger partial charge in [-0.1, -0.05) is 6.92 Å². The Morgan fingerprint density at radius 3 is 2.76 bits per heavy atom. The van der Waals surface area contributed by atoms with Gasteiger partial charge < -0.3 is 15.7 Å². The third-order valence-electron chi connectivity index (χ3n) is 3.20. The van der Waals surface area contributed by atoms with Gasteiger partial charge in [0.1, 0.15) is 11.4 Å². The average molecular weight is 235 g/mol. The van der Waals surface area contributed by atoms with Crippen molar-refractivity contribution in [2.75, 3.05) is 23.7 Å². The van der Waals surface area contributed by atoms with Crippen LogP contribution in [0.25, 0.3) is 0 Å². The number of aromatic carboxylic acids is 1. The summed E-state index contributed by atoms with van der Waals surface area (Å²) in [4.78, 5) is 17.4. The lowest BCUT2D eigenvalue weighted by Crippen LogP contribution is -2.34. The van der Waals surface area contributed by atoms with Crippen molar-refractivity contribution in [3.8, 4) is 0 Å². The summed E-state index contributed by atoms with van der Waals surface area (Å²) in [6.45, 7) is 3.93. The topological polar surface area (TPSA) is 79.5 Å². The van der Waals surface area contributed by atoms with Crippen molar-refractivity contribution < 1.29 is 9.90 Å². The third kappa shape index (κ3) is 2.49. The lowest BCUT2D eigenvalue weighted by molar-refractivity contribution is 0.0697. The first-order valence-corrected chi connectivity index (χ1v) is 5.81. The number of rotatable bonds is 2. The molecule has 5 heteroatoms. The minimum Gasteiger partial charge on any atom is -0.478 e. The zero-order chi connectivity index (χ0) is 12.4. The zero-order valence-electron chi connectivity index (χ0n) is 9.89. The van der Waals surface area contributed by atoms with E-state index in [2.05, 4.69) is 11.9 Å². The number of hydrogen-bond donors (Lipinski definition) is 2. The summed E-state index contributed by atoms with van der Waals surface area (Å²) in [5, 5.41) is 9.15. The molecule has 0 saturated carbocycles. The molecule has 0 bridgehead atoms. The molecule has 2 heterocycles. The Bertz CT molecular complexity index is 426. The number of nitrogens with zero attached hydrogens (tertiary/aromatic N) is 2. The number of carboxylic acids is 1. The van der Waals surface area contributed by atoms with Crippen molar-refractivity contribution in [2.24, 2.45) is 5.92 Å². The lowest BCUT2D eigenvalue weighted by Gasteiger charge is -2.31. The second kappa shape index (κ2) is 4.61. The summed E-state index contributed by atoms with van der Waals surface area (Å²) in [6, 6.07) is 1.47. The van der Waals surface area contributed by atoms with Crippen LogP contribution in [0.2, 0.25) is 0 Å². The van der Waals surface area contributed by atoms with Crippen LogP contribution in [0.5, 0.6) is 0 Å². The maximum absolute atomic E-state index is 11.2. The molecule has 0 radical (unpaired) electrons. The first-order chi connectivity index (χ1) is 8.08. The Hall–Kier alpha value is -1.78. The molecule has 0 spiro atoms.